The Morgan fingerprint density at radius 2 is 2.33 bits per heavy atom. The third kappa shape index (κ3) is 4.11. The van der Waals surface area contributed by atoms with Crippen LogP contribution in [0.3, 0.4) is 0 Å². The number of likely N-dealkylation sites (tertiary alicyclic amines) is 1. The molecule has 1 fully saturated rings. The van der Waals surface area contributed by atoms with Crippen LogP contribution in [0.1, 0.15) is 25.3 Å². The van der Waals surface area contributed by atoms with Crippen molar-refractivity contribution in [1.29, 1.82) is 0 Å². The Kier molecular flexibility index (Phi) is 5.48. The molecule has 0 saturated carbocycles. The normalized spacial score (nSPS) is 20.2. The highest BCUT2D eigenvalue weighted by Gasteiger charge is 2.26. The molecule has 1 heterocycles. The van der Waals surface area contributed by atoms with Gasteiger partial charge in [0.05, 0.1) is 13.5 Å². The Morgan fingerprint density at radius 3 is 3.00 bits per heavy atom. The first-order valence-corrected chi connectivity index (χ1v) is 7.75. The minimum Gasteiger partial charge on any atom is -0.496 e. The number of rotatable bonds is 4. The number of benzene rings is 1. The maximum atomic E-state index is 12.5. The fourth-order valence-electron chi connectivity index (χ4n) is 2.83. The van der Waals surface area contributed by atoms with Gasteiger partial charge in [0.1, 0.15) is 5.75 Å². The van der Waals surface area contributed by atoms with Gasteiger partial charge in [-0.1, -0.05) is 11.6 Å². The molecular weight excluding hydrogens is 288 g/mol. The fraction of sp³-hybridized carbons (Fsp3) is 0.562. The Hall–Kier alpha value is -1.26. The number of ether oxygens (including phenoxy) is 1. The third-order valence-corrected chi connectivity index (χ3v) is 4.37. The van der Waals surface area contributed by atoms with Gasteiger partial charge in [-0.2, -0.15) is 0 Å². The van der Waals surface area contributed by atoms with E-state index in [1.54, 1.807) is 25.3 Å². The van der Waals surface area contributed by atoms with Crippen LogP contribution in [-0.4, -0.2) is 37.0 Å². The van der Waals surface area contributed by atoms with Gasteiger partial charge in [-0.05, 0) is 43.9 Å². The van der Waals surface area contributed by atoms with E-state index in [1.165, 1.54) is 0 Å². The second-order valence-corrected chi connectivity index (χ2v) is 6.17. The van der Waals surface area contributed by atoms with E-state index in [1.807, 2.05) is 11.8 Å². The first-order valence-electron chi connectivity index (χ1n) is 7.37. The second-order valence-electron chi connectivity index (χ2n) is 5.73. The van der Waals surface area contributed by atoms with Gasteiger partial charge in [-0.3, -0.25) is 4.79 Å². The quantitative estimate of drug-likeness (QED) is 0.929. The molecular formula is C16H23ClN2O2. The van der Waals surface area contributed by atoms with Crippen LogP contribution in [0, 0.1) is 5.92 Å². The summed E-state index contributed by atoms with van der Waals surface area (Å²) in [5.74, 6) is 1.21. The SMILES string of the molecule is COc1ccc(Cl)cc1CC(=O)N1CCC[C@H]([C@H](C)N)C1. The molecule has 4 nitrogen and oxygen atoms in total. The highest BCUT2D eigenvalue weighted by molar-refractivity contribution is 6.30. The van der Waals surface area contributed by atoms with Crippen molar-refractivity contribution in [3.8, 4) is 5.75 Å². The predicted molar refractivity (Wildman–Crippen MR) is 84.7 cm³/mol. The molecule has 116 valence electrons. The predicted octanol–water partition coefficient (Wildman–Crippen LogP) is 2.48. The zero-order valence-electron chi connectivity index (χ0n) is 12.6. The van der Waals surface area contributed by atoms with Crippen LogP contribution in [0.5, 0.6) is 5.75 Å². The molecule has 1 aromatic rings. The number of amides is 1. The fourth-order valence-corrected chi connectivity index (χ4v) is 3.02. The summed E-state index contributed by atoms with van der Waals surface area (Å²) >= 11 is 6.01. The van der Waals surface area contributed by atoms with Crippen LogP contribution in [0.15, 0.2) is 18.2 Å². The summed E-state index contributed by atoms with van der Waals surface area (Å²) in [6.45, 7) is 3.57. The van der Waals surface area contributed by atoms with Gasteiger partial charge in [-0.15, -0.1) is 0 Å². The number of hydrogen-bond acceptors (Lipinski definition) is 3. The molecule has 1 aliphatic rings. The van der Waals surface area contributed by atoms with Gasteiger partial charge >= 0.3 is 0 Å². The smallest absolute Gasteiger partial charge is 0.227 e. The van der Waals surface area contributed by atoms with Gasteiger partial charge in [0.15, 0.2) is 0 Å². The van der Waals surface area contributed by atoms with Crippen LogP contribution < -0.4 is 10.5 Å². The number of carbonyl (C=O) groups excluding carboxylic acids is 1. The van der Waals surface area contributed by atoms with E-state index in [-0.39, 0.29) is 11.9 Å². The van der Waals surface area contributed by atoms with Crippen molar-refractivity contribution in [2.45, 2.75) is 32.2 Å². The molecule has 1 amide bonds. The zero-order valence-corrected chi connectivity index (χ0v) is 13.4. The molecule has 0 aliphatic carbocycles. The summed E-state index contributed by atoms with van der Waals surface area (Å²) in [6.07, 6.45) is 2.43. The van der Waals surface area contributed by atoms with Crippen LogP contribution in [0.4, 0.5) is 0 Å². The van der Waals surface area contributed by atoms with Gasteiger partial charge in [0, 0.05) is 29.7 Å². The molecule has 1 saturated heterocycles. The van der Waals surface area contributed by atoms with Crippen LogP contribution in [0.25, 0.3) is 0 Å². The lowest BCUT2D eigenvalue weighted by Crippen LogP contribution is -2.45. The van der Waals surface area contributed by atoms with Crippen LogP contribution >= 0.6 is 11.6 Å². The number of nitrogens with two attached hydrogens (primary N) is 1. The van der Waals surface area contributed by atoms with Crippen LogP contribution in [-0.2, 0) is 11.2 Å². The van der Waals surface area contributed by atoms with Gasteiger partial charge in [0.2, 0.25) is 5.91 Å². The molecule has 5 heteroatoms. The standard InChI is InChI=1S/C16H23ClN2O2/c1-11(18)12-4-3-7-19(10-12)16(20)9-13-8-14(17)5-6-15(13)21-2/h5-6,8,11-12H,3-4,7,9-10,18H2,1-2H3/t11-,12-/m0/s1. The molecule has 1 aliphatic heterocycles. The lowest BCUT2D eigenvalue weighted by atomic mass is 9.92. The lowest BCUT2D eigenvalue weighted by molar-refractivity contribution is -0.132. The monoisotopic (exact) mass is 310 g/mol. The van der Waals surface area contributed by atoms with E-state index in [2.05, 4.69) is 0 Å². The molecule has 21 heavy (non-hydrogen) atoms. The number of hydrogen-bond donors (Lipinski definition) is 1. The van der Waals surface area contributed by atoms with E-state index in [4.69, 9.17) is 22.1 Å². The molecule has 1 aromatic carbocycles. The third-order valence-electron chi connectivity index (χ3n) is 4.14. The van der Waals surface area contributed by atoms with Crippen molar-refractivity contribution < 1.29 is 9.53 Å². The number of carbonyl (C=O) groups is 1. The summed E-state index contributed by atoms with van der Waals surface area (Å²) in [5.41, 5.74) is 6.80. The molecule has 2 rings (SSSR count). The highest BCUT2D eigenvalue weighted by atomic mass is 35.5. The summed E-state index contributed by atoms with van der Waals surface area (Å²) in [4.78, 5) is 14.4. The van der Waals surface area contributed by atoms with Crippen molar-refractivity contribution in [2.75, 3.05) is 20.2 Å². The summed E-state index contributed by atoms with van der Waals surface area (Å²) in [7, 11) is 1.60. The maximum absolute atomic E-state index is 12.5. The largest absolute Gasteiger partial charge is 0.496 e. The number of methoxy groups -OCH3 is 1. The zero-order chi connectivity index (χ0) is 15.4. The summed E-state index contributed by atoms with van der Waals surface area (Å²) < 4.78 is 5.30. The summed E-state index contributed by atoms with van der Waals surface area (Å²) in [5, 5.41) is 0.616. The minimum atomic E-state index is 0.112. The molecule has 0 radical (unpaired) electrons. The van der Waals surface area contributed by atoms with Crippen LogP contribution in [0.2, 0.25) is 5.02 Å². The number of piperidine rings is 1. The first kappa shape index (κ1) is 16.1. The van der Waals surface area contributed by atoms with Gasteiger partial charge in [-0.25, -0.2) is 0 Å². The van der Waals surface area contributed by atoms with E-state index < -0.39 is 0 Å². The van der Waals surface area contributed by atoms with Gasteiger partial charge in [0.25, 0.3) is 0 Å². The van der Waals surface area contributed by atoms with Crippen molar-refractivity contribution in [1.82, 2.24) is 4.90 Å². The number of halogens is 1. The molecule has 0 aromatic heterocycles. The van der Waals surface area contributed by atoms with E-state index in [0.717, 1.165) is 31.5 Å². The molecule has 0 bridgehead atoms. The average Bonchev–Trinajstić information content (AvgIpc) is 2.47. The second kappa shape index (κ2) is 7.14. The minimum absolute atomic E-state index is 0.112. The lowest BCUT2D eigenvalue weighted by Gasteiger charge is -2.34. The van der Waals surface area contributed by atoms with E-state index in [9.17, 15) is 4.79 Å². The topological polar surface area (TPSA) is 55.6 Å². The van der Waals surface area contributed by atoms with E-state index in [0.29, 0.717) is 23.1 Å². The van der Waals surface area contributed by atoms with Gasteiger partial charge < -0.3 is 15.4 Å². The van der Waals surface area contributed by atoms with E-state index >= 15 is 0 Å². The maximum Gasteiger partial charge on any atom is 0.227 e. The average molecular weight is 311 g/mol. The Morgan fingerprint density at radius 1 is 1.57 bits per heavy atom. The Balaban J connectivity index is 2.06. The molecule has 2 N–H and O–H groups in total. The highest BCUT2D eigenvalue weighted by Crippen LogP contribution is 2.25. The summed E-state index contributed by atoms with van der Waals surface area (Å²) in [6, 6.07) is 5.49. The van der Waals surface area contributed by atoms with Crippen molar-refractivity contribution >= 4 is 17.5 Å². The first-order chi connectivity index (χ1) is 10.0. The Labute approximate surface area is 131 Å². The molecule has 2 atom stereocenters. The number of nitrogens with zero attached hydrogens (tertiary/aromatic N) is 1. The van der Waals surface area contributed by atoms with Crippen molar-refractivity contribution in [3.05, 3.63) is 28.8 Å². The molecule has 0 spiro atoms. The molecule has 0 unspecified atom stereocenters. The van der Waals surface area contributed by atoms with Crippen molar-refractivity contribution in [3.63, 3.8) is 0 Å². The van der Waals surface area contributed by atoms with Crippen molar-refractivity contribution in [2.24, 2.45) is 11.7 Å². The Bertz CT molecular complexity index is 505.